The second kappa shape index (κ2) is 8.99. The van der Waals surface area contributed by atoms with Gasteiger partial charge >= 0.3 is 0 Å². The quantitative estimate of drug-likeness (QED) is 0.403. The number of nitrogens with zero attached hydrogens (tertiary/aromatic N) is 1. The average molecular weight is 429 g/mol. The normalized spacial score (nSPS) is 14.8. The maximum atomic E-state index is 12.3. The van der Waals surface area contributed by atoms with Crippen LogP contribution in [0.3, 0.4) is 0 Å². The van der Waals surface area contributed by atoms with E-state index in [4.69, 9.17) is 15.9 Å². The summed E-state index contributed by atoms with van der Waals surface area (Å²) in [6, 6.07) is 19.7. The van der Waals surface area contributed by atoms with E-state index in [9.17, 15) is 9.59 Å². The molecule has 0 atom stereocenters. The number of hydrogen-bond donors (Lipinski definition) is 0. The Hall–Kier alpha value is -3.69. The van der Waals surface area contributed by atoms with Crippen LogP contribution in [0, 0.1) is 12.3 Å². The molecular weight excluding hydrogens is 410 g/mol. The Morgan fingerprint density at radius 3 is 2.61 bits per heavy atom. The molecule has 31 heavy (non-hydrogen) atoms. The first kappa shape index (κ1) is 20.6. The molecule has 1 heterocycles. The Morgan fingerprint density at radius 1 is 1.03 bits per heavy atom. The van der Waals surface area contributed by atoms with Gasteiger partial charge in [0.15, 0.2) is 11.5 Å². The van der Waals surface area contributed by atoms with Gasteiger partial charge in [-0.25, -0.2) is 0 Å². The van der Waals surface area contributed by atoms with Gasteiger partial charge in [0.25, 0.3) is 11.1 Å². The van der Waals surface area contributed by atoms with Gasteiger partial charge in [0.2, 0.25) is 0 Å². The first-order valence-electron chi connectivity index (χ1n) is 9.56. The first-order valence-corrected chi connectivity index (χ1v) is 10.4. The molecule has 0 N–H and O–H groups in total. The summed E-state index contributed by atoms with van der Waals surface area (Å²) in [6.07, 6.45) is 6.88. The molecule has 6 heteroatoms. The Bertz CT molecular complexity index is 1240. The third-order valence-corrected chi connectivity index (χ3v) is 5.72. The lowest BCUT2D eigenvalue weighted by molar-refractivity contribution is -0.122. The minimum atomic E-state index is -0.386. The molecule has 154 valence electrons. The number of benzene rings is 3. The molecule has 0 radical (unpaired) electrons. The van der Waals surface area contributed by atoms with Crippen LogP contribution in [0.25, 0.3) is 16.8 Å². The fraction of sp³-hybridized carbons (Fsp3) is 0.120. The van der Waals surface area contributed by atoms with Crippen LogP contribution in [0.15, 0.2) is 65.6 Å². The summed E-state index contributed by atoms with van der Waals surface area (Å²) in [5.41, 5.74) is 1.77. The minimum Gasteiger partial charge on any atom is -0.493 e. The molecular formula is C25H19NO4S. The van der Waals surface area contributed by atoms with E-state index in [1.54, 1.807) is 25.3 Å². The Kier molecular flexibility index (Phi) is 5.96. The molecule has 0 spiro atoms. The first-order chi connectivity index (χ1) is 15.1. The van der Waals surface area contributed by atoms with Crippen molar-refractivity contribution in [3.63, 3.8) is 0 Å². The van der Waals surface area contributed by atoms with Crippen molar-refractivity contribution < 1.29 is 19.1 Å². The van der Waals surface area contributed by atoms with Crippen molar-refractivity contribution >= 4 is 39.8 Å². The Labute approximate surface area is 184 Å². The number of carbonyl (C=O) groups excluding carboxylic acids is 2. The van der Waals surface area contributed by atoms with Crippen LogP contribution < -0.4 is 9.47 Å². The molecule has 0 aliphatic carbocycles. The van der Waals surface area contributed by atoms with E-state index in [-0.39, 0.29) is 17.7 Å². The van der Waals surface area contributed by atoms with Crippen molar-refractivity contribution in [2.24, 2.45) is 0 Å². The highest BCUT2D eigenvalue weighted by atomic mass is 32.2. The van der Waals surface area contributed by atoms with E-state index in [1.165, 1.54) is 5.39 Å². The lowest BCUT2D eigenvalue weighted by atomic mass is 10.1. The SMILES string of the molecule is C#CCN1C(=O)S/C(=C/c2ccc(OCc3ccc4ccccc4c3)c(OC)c2)C1=O. The van der Waals surface area contributed by atoms with Crippen LogP contribution in [0.1, 0.15) is 11.1 Å². The van der Waals surface area contributed by atoms with Gasteiger partial charge in [-0.2, -0.15) is 0 Å². The second-order valence-electron chi connectivity index (χ2n) is 6.85. The van der Waals surface area contributed by atoms with E-state index >= 15 is 0 Å². The second-order valence-corrected chi connectivity index (χ2v) is 7.85. The lowest BCUT2D eigenvalue weighted by Crippen LogP contribution is -2.28. The van der Waals surface area contributed by atoms with Crippen LogP contribution in [0.4, 0.5) is 4.79 Å². The molecule has 1 saturated heterocycles. The van der Waals surface area contributed by atoms with Crippen molar-refractivity contribution in [2.75, 3.05) is 13.7 Å². The number of imide groups is 1. The van der Waals surface area contributed by atoms with Gasteiger partial charge in [-0.3, -0.25) is 14.5 Å². The number of carbonyl (C=O) groups is 2. The van der Waals surface area contributed by atoms with Crippen LogP contribution in [0.2, 0.25) is 0 Å². The van der Waals surface area contributed by atoms with Crippen molar-refractivity contribution in [1.82, 2.24) is 4.90 Å². The molecule has 0 aromatic heterocycles. The lowest BCUT2D eigenvalue weighted by Gasteiger charge is -2.12. The number of methoxy groups -OCH3 is 1. The highest BCUT2D eigenvalue weighted by molar-refractivity contribution is 8.18. The molecule has 4 rings (SSSR count). The summed E-state index contributed by atoms with van der Waals surface area (Å²) in [6.45, 7) is 0.360. The molecule has 3 aromatic carbocycles. The van der Waals surface area contributed by atoms with E-state index in [0.717, 1.165) is 33.2 Å². The molecule has 3 aromatic rings. The molecule has 1 aliphatic rings. The van der Waals surface area contributed by atoms with Gasteiger partial charge in [0.05, 0.1) is 18.6 Å². The number of fused-ring (bicyclic) bond motifs is 1. The number of amides is 2. The van der Waals surface area contributed by atoms with E-state index in [0.29, 0.717) is 23.0 Å². The summed E-state index contributed by atoms with van der Waals surface area (Å²) in [7, 11) is 1.56. The van der Waals surface area contributed by atoms with Crippen LogP contribution >= 0.6 is 11.8 Å². The van der Waals surface area contributed by atoms with Crippen molar-refractivity contribution in [3.05, 3.63) is 76.7 Å². The smallest absolute Gasteiger partial charge is 0.294 e. The Morgan fingerprint density at radius 2 is 1.84 bits per heavy atom. The van der Waals surface area contributed by atoms with Gasteiger partial charge < -0.3 is 9.47 Å². The summed E-state index contributed by atoms with van der Waals surface area (Å²) < 4.78 is 11.4. The topological polar surface area (TPSA) is 55.8 Å². The standard InChI is InChI=1S/C25H19NO4S/c1-3-12-26-24(27)23(31-25(26)28)15-17-9-11-21(22(14-17)29-2)30-16-18-8-10-19-6-4-5-7-20(19)13-18/h1,4-11,13-15H,12,16H2,2H3/b23-15+. The third kappa shape index (κ3) is 4.42. The van der Waals surface area contributed by atoms with Crippen molar-refractivity contribution in [3.8, 4) is 23.8 Å². The van der Waals surface area contributed by atoms with E-state index in [2.05, 4.69) is 30.2 Å². The fourth-order valence-electron chi connectivity index (χ4n) is 3.26. The predicted octanol–water partition coefficient (Wildman–Crippen LogP) is 5.10. The number of terminal acetylenes is 1. The van der Waals surface area contributed by atoms with Gasteiger partial charge in [0, 0.05) is 0 Å². The van der Waals surface area contributed by atoms with Crippen molar-refractivity contribution in [2.45, 2.75) is 6.61 Å². The average Bonchev–Trinajstić information content (AvgIpc) is 3.05. The van der Waals surface area contributed by atoms with Crippen LogP contribution in [-0.4, -0.2) is 29.7 Å². The fourth-order valence-corrected chi connectivity index (χ4v) is 4.10. The molecule has 2 amide bonds. The van der Waals surface area contributed by atoms with Gasteiger partial charge in [-0.1, -0.05) is 48.4 Å². The van der Waals surface area contributed by atoms with Crippen molar-refractivity contribution in [1.29, 1.82) is 0 Å². The zero-order chi connectivity index (χ0) is 21.8. The largest absolute Gasteiger partial charge is 0.493 e. The number of rotatable bonds is 6. The van der Waals surface area contributed by atoms with Crippen LogP contribution in [-0.2, 0) is 11.4 Å². The zero-order valence-electron chi connectivity index (χ0n) is 16.8. The maximum Gasteiger partial charge on any atom is 0.294 e. The Balaban J connectivity index is 1.51. The maximum absolute atomic E-state index is 12.3. The molecule has 5 nitrogen and oxygen atoms in total. The summed E-state index contributed by atoms with van der Waals surface area (Å²) >= 11 is 0.874. The highest BCUT2D eigenvalue weighted by Gasteiger charge is 2.34. The minimum absolute atomic E-state index is 0.0348. The number of thioether (sulfide) groups is 1. The van der Waals surface area contributed by atoms with E-state index in [1.807, 2.05) is 24.3 Å². The monoisotopic (exact) mass is 429 g/mol. The molecule has 0 bridgehead atoms. The highest BCUT2D eigenvalue weighted by Crippen LogP contribution is 2.34. The molecule has 0 unspecified atom stereocenters. The summed E-state index contributed by atoms with van der Waals surface area (Å²) in [5, 5.41) is 1.97. The zero-order valence-corrected chi connectivity index (χ0v) is 17.6. The molecule has 1 fully saturated rings. The van der Waals surface area contributed by atoms with Gasteiger partial charge in [0.1, 0.15) is 6.61 Å². The molecule has 1 aliphatic heterocycles. The van der Waals surface area contributed by atoms with Gasteiger partial charge in [-0.15, -0.1) is 6.42 Å². The van der Waals surface area contributed by atoms with E-state index < -0.39 is 0 Å². The number of ether oxygens (including phenoxy) is 2. The summed E-state index contributed by atoms with van der Waals surface area (Å²) in [4.78, 5) is 25.7. The number of hydrogen-bond acceptors (Lipinski definition) is 5. The third-order valence-electron chi connectivity index (χ3n) is 4.82. The van der Waals surface area contributed by atoms with Gasteiger partial charge in [-0.05, 0) is 57.9 Å². The molecule has 0 saturated carbocycles. The predicted molar refractivity (Wildman–Crippen MR) is 123 cm³/mol. The summed E-state index contributed by atoms with van der Waals surface area (Å²) in [5.74, 6) is 3.07. The van der Waals surface area contributed by atoms with Crippen LogP contribution in [0.5, 0.6) is 11.5 Å².